The summed E-state index contributed by atoms with van der Waals surface area (Å²) in [6.45, 7) is 8.27. The number of aryl methyl sites for hydroxylation is 1. The molecule has 1 saturated heterocycles. The largest absolute Gasteiger partial charge is 0.343 e. The van der Waals surface area contributed by atoms with Crippen LogP contribution in [-0.2, 0) is 9.59 Å². The van der Waals surface area contributed by atoms with E-state index in [4.69, 9.17) is 0 Å². The summed E-state index contributed by atoms with van der Waals surface area (Å²) in [7, 11) is 1.72. The SMILES string of the molecule is CNC(C)C(=O)NC(C(=O)N1CCCC1c1ccnc(-n2cc(C)c3cc(F)ccc32)c1)C(C)C. The number of amides is 2. The van der Waals surface area contributed by atoms with E-state index in [1.807, 2.05) is 48.6 Å². The number of hydrogen-bond acceptors (Lipinski definition) is 4. The molecule has 0 radical (unpaired) electrons. The lowest BCUT2D eigenvalue weighted by molar-refractivity contribution is -0.138. The number of halogens is 1. The molecule has 2 N–H and O–H groups in total. The van der Waals surface area contributed by atoms with Gasteiger partial charge in [-0.3, -0.25) is 9.59 Å². The zero-order valence-corrected chi connectivity index (χ0v) is 21.0. The van der Waals surface area contributed by atoms with Gasteiger partial charge < -0.3 is 20.1 Å². The summed E-state index contributed by atoms with van der Waals surface area (Å²) >= 11 is 0. The molecule has 2 amide bonds. The molecule has 3 unspecified atom stereocenters. The molecule has 186 valence electrons. The Balaban J connectivity index is 1.63. The molecule has 3 atom stereocenters. The standard InChI is InChI=1S/C27H34FN5O2/c1-16(2)25(31-26(34)18(4)29-5)27(35)32-12-6-7-22(32)19-10-11-30-24(13-19)33-15-17(3)21-14-20(28)8-9-23(21)33/h8-11,13-16,18,22,25,29H,6-7,12H2,1-5H3,(H,31,34). The first-order chi connectivity index (χ1) is 16.7. The number of likely N-dealkylation sites (N-methyl/N-ethyl adjacent to an activating group) is 1. The van der Waals surface area contributed by atoms with Crippen molar-refractivity contribution in [3.8, 4) is 5.82 Å². The van der Waals surface area contributed by atoms with Crippen LogP contribution in [0.1, 0.15) is 50.8 Å². The van der Waals surface area contributed by atoms with Gasteiger partial charge in [0.25, 0.3) is 0 Å². The van der Waals surface area contributed by atoms with Crippen molar-refractivity contribution in [3.05, 3.63) is 59.7 Å². The number of aromatic nitrogens is 2. The van der Waals surface area contributed by atoms with Crippen molar-refractivity contribution < 1.29 is 14.0 Å². The number of hydrogen-bond donors (Lipinski definition) is 2. The van der Waals surface area contributed by atoms with Gasteiger partial charge in [-0.05, 0) is 81.1 Å². The predicted molar refractivity (Wildman–Crippen MR) is 135 cm³/mol. The second-order valence-corrected chi connectivity index (χ2v) is 9.72. The van der Waals surface area contributed by atoms with Crippen LogP contribution in [0, 0.1) is 18.7 Å². The van der Waals surface area contributed by atoms with Crippen molar-refractivity contribution in [3.63, 3.8) is 0 Å². The van der Waals surface area contributed by atoms with Gasteiger partial charge in [-0.15, -0.1) is 0 Å². The third-order valence-electron chi connectivity index (χ3n) is 6.96. The Morgan fingerprint density at radius 3 is 2.66 bits per heavy atom. The Kier molecular flexibility index (Phi) is 7.21. The van der Waals surface area contributed by atoms with E-state index in [-0.39, 0.29) is 35.6 Å². The number of likely N-dealkylation sites (tertiary alicyclic amines) is 1. The Labute approximate surface area is 205 Å². The van der Waals surface area contributed by atoms with Gasteiger partial charge in [0.1, 0.15) is 17.7 Å². The smallest absolute Gasteiger partial charge is 0.245 e. The molecule has 0 spiro atoms. The van der Waals surface area contributed by atoms with Crippen molar-refractivity contribution in [2.24, 2.45) is 5.92 Å². The molecule has 35 heavy (non-hydrogen) atoms. The Hall–Kier alpha value is -3.26. The first kappa shape index (κ1) is 24.9. The maximum Gasteiger partial charge on any atom is 0.245 e. The van der Waals surface area contributed by atoms with Crippen molar-refractivity contribution in [1.82, 2.24) is 25.1 Å². The summed E-state index contributed by atoms with van der Waals surface area (Å²) in [5.74, 6) is 0.168. The summed E-state index contributed by atoms with van der Waals surface area (Å²) in [6, 6.07) is 7.64. The molecule has 1 aliphatic rings. The van der Waals surface area contributed by atoms with Gasteiger partial charge in [-0.2, -0.15) is 0 Å². The average molecular weight is 480 g/mol. The Bertz CT molecular complexity index is 1240. The van der Waals surface area contributed by atoms with E-state index >= 15 is 0 Å². The molecule has 8 heteroatoms. The minimum Gasteiger partial charge on any atom is -0.343 e. The monoisotopic (exact) mass is 479 g/mol. The van der Waals surface area contributed by atoms with E-state index in [2.05, 4.69) is 15.6 Å². The van der Waals surface area contributed by atoms with Gasteiger partial charge >= 0.3 is 0 Å². The molecule has 3 heterocycles. The zero-order valence-electron chi connectivity index (χ0n) is 21.0. The minimum atomic E-state index is -0.592. The summed E-state index contributed by atoms with van der Waals surface area (Å²) in [5, 5.41) is 6.71. The number of rotatable bonds is 7. The van der Waals surface area contributed by atoms with Gasteiger partial charge in [0.05, 0.1) is 17.6 Å². The molecule has 0 aliphatic carbocycles. The number of carbonyl (C=O) groups is 2. The molecule has 1 aliphatic heterocycles. The fourth-order valence-electron chi connectivity index (χ4n) is 4.81. The topological polar surface area (TPSA) is 79.3 Å². The van der Waals surface area contributed by atoms with Crippen LogP contribution >= 0.6 is 0 Å². The van der Waals surface area contributed by atoms with Crippen LogP contribution in [0.5, 0.6) is 0 Å². The molecule has 1 fully saturated rings. The third-order valence-corrected chi connectivity index (χ3v) is 6.96. The van der Waals surface area contributed by atoms with E-state index in [9.17, 15) is 14.0 Å². The molecule has 1 aromatic carbocycles. The van der Waals surface area contributed by atoms with Crippen LogP contribution < -0.4 is 10.6 Å². The highest BCUT2D eigenvalue weighted by Gasteiger charge is 2.36. The lowest BCUT2D eigenvalue weighted by Crippen LogP contribution is -2.54. The quantitative estimate of drug-likeness (QED) is 0.539. The van der Waals surface area contributed by atoms with Crippen molar-refractivity contribution >= 4 is 22.7 Å². The summed E-state index contributed by atoms with van der Waals surface area (Å²) in [5.41, 5.74) is 2.85. The summed E-state index contributed by atoms with van der Waals surface area (Å²) in [4.78, 5) is 32.6. The molecule has 4 rings (SSSR count). The van der Waals surface area contributed by atoms with E-state index in [1.165, 1.54) is 12.1 Å². The number of nitrogens with one attached hydrogen (secondary N) is 2. The van der Waals surface area contributed by atoms with E-state index in [0.717, 1.165) is 40.7 Å². The predicted octanol–water partition coefficient (Wildman–Crippen LogP) is 3.89. The van der Waals surface area contributed by atoms with Crippen LogP contribution in [0.2, 0.25) is 0 Å². The fraction of sp³-hybridized carbons (Fsp3) is 0.444. The Morgan fingerprint density at radius 2 is 1.94 bits per heavy atom. The molecule has 7 nitrogen and oxygen atoms in total. The lowest BCUT2D eigenvalue weighted by atomic mass is 10.00. The van der Waals surface area contributed by atoms with Gasteiger partial charge in [-0.25, -0.2) is 9.37 Å². The zero-order chi connectivity index (χ0) is 25.3. The van der Waals surface area contributed by atoms with Gasteiger partial charge in [0.2, 0.25) is 11.8 Å². The van der Waals surface area contributed by atoms with E-state index < -0.39 is 6.04 Å². The van der Waals surface area contributed by atoms with Crippen LogP contribution in [-0.4, -0.2) is 51.9 Å². The van der Waals surface area contributed by atoms with Crippen molar-refractivity contribution in [1.29, 1.82) is 0 Å². The highest BCUT2D eigenvalue weighted by molar-refractivity contribution is 5.90. The second kappa shape index (κ2) is 10.2. The number of benzene rings is 1. The van der Waals surface area contributed by atoms with E-state index in [1.54, 1.807) is 26.2 Å². The molecule has 0 bridgehead atoms. The lowest BCUT2D eigenvalue weighted by Gasteiger charge is -2.32. The fourth-order valence-corrected chi connectivity index (χ4v) is 4.81. The highest BCUT2D eigenvalue weighted by Crippen LogP contribution is 2.34. The Morgan fingerprint density at radius 1 is 1.17 bits per heavy atom. The second-order valence-electron chi connectivity index (χ2n) is 9.72. The summed E-state index contributed by atoms with van der Waals surface area (Å²) in [6.07, 6.45) is 5.45. The first-order valence-electron chi connectivity index (χ1n) is 12.2. The normalized spacial score (nSPS) is 17.7. The molecular formula is C27H34FN5O2. The van der Waals surface area contributed by atoms with Gasteiger partial charge in [0, 0.05) is 24.3 Å². The van der Waals surface area contributed by atoms with Crippen LogP contribution in [0.25, 0.3) is 16.7 Å². The van der Waals surface area contributed by atoms with Crippen molar-refractivity contribution in [2.45, 2.75) is 58.7 Å². The number of pyridine rings is 1. The minimum absolute atomic E-state index is 0.0423. The van der Waals surface area contributed by atoms with E-state index in [0.29, 0.717) is 6.54 Å². The number of nitrogens with zero attached hydrogens (tertiary/aromatic N) is 3. The molecule has 0 saturated carbocycles. The highest BCUT2D eigenvalue weighted by atomic mass is 19.1. The number of fused-ring (bicyclic) bond motifs is 1. The van der Waals surface area contributed by atoms with Crippen LogP contribution in [0.3, 0.4) is 0 Å². The molecular weight excluding hydrogens is 445 g/mol. The van der Waals surface area contributed by atoms with Gasteiger partial charge in [-0.1, -0.05) is 13.8 Å². The van der Waals surface area contributed by atoms with Crippen LogP contribution in [0.4, 0.5) is 4.39 Å². The summed E-state index contributed by atoms with van der Waals surface area (Å²) < 4.78 is 15.8. The maximum absolute atomic E-state index is 13.8. The number of carbonyl (C=O) groups excluding carboxylic acids is 2. The molecule has 2 aromatic heterocycles. The average Bonchev–Trinajstić information content (AvgIpc) is 3.46. The van der Waals surface area contributed by atoms with Gasteiger partial charge in [0.15, 0.2) is 0 Å². The molecule has 3 aromatic rings. The van der Waals surface area contributed by atoms with Crippen LogP contribution in [0.15, 0.2) is 42.7 Å². The van der Waals surface area contributed by atoms with Crippen molar-refractivity contribution in [2.75, 3.05) is 13.6 Å². The maximum atomic E-state index is 13.8. The first-order valence-corrected chi connectivity index (χ1v) is 12.2. The third kappa shape index (κ3) is 4.93.